The van der Waals surface area contributed by atoms with Gasteiger partial charge in [-0.2, -0.15) is 0 Å². The van der Waals surface area contributed by atoms with Crippen LogP contribution in [-0.4, -0.2) is 0 Å². The summed E-state index contributed by atoms with van der Waals surface area (Å²) in [4.78, 5) is 2.41. The Balaban J connectivity index is 1.10. The van der Waals surface area contributed by atoms with Crippen LogP contribution in [0.1, 0.15) is 0 Å². The molecule has 11 aromatic rings. The number of thiophene rings is 1. The van der Waals surface area contributed by atoms with Gasteiger partial charge in [0, 0.05) is 37.2 Å². The monoisotopic (exact) mass is 703 g/mol. The Labute approximate surface area is 317 Å². The van der Waals surface area contributed by atoms with E-state index in [9.17, 15) is 0 Å². The van der Waals surface area contributed by atoms with E-state index in [1.165, 1.54) is 85.5 Å². The van der Waals surface area contributed by atoms with Gasteiger partial charge in [-0.25, -0.2) is 0 Å². The molecule has 0 atom stereocenters. The van der Waals surface area contributed by atoms with Crippen LogP contribution in [0.15, 0.2) is 200 Å². The van der Waals surface area contributed by atoms with Crippen molar-refractivity contribution in [3.63, 3.8) is 0 Å². The molecule has 1 heterocycles. The highest BCUT2D eigenvalue weighted by molar-refractivity contribution is 7.26. The maximum atomic E-state index is 2.41. The third-order valence-corrected chi connectivity index (χ3v) is 12.2. The van der Waals surface area contributed by atoms with Gasteiger partial charge in [-0.3, -0.25) is 0 Å². The van der Waals surface area contributed by atoms with Crippen molar-refractivity contribution in [1.29, 1.82) is 0 Å². The second-order valence-corrected chi connectivity index (χ2v) is 15.1. The quantitative estimate of drug-likeness (QED) is 0.161. The van der Waals surface area contributed by atoms with Gasteiger partial charge in [0.2, 0.25) is 0 Å². The maximum Gasteiger partial charge on any atom is 0.0468 e. The lowest BCUT2D eigenvalue weighted by Crippen LogP contribution is -2.09. The van der Waals surface area contributed by atoms with E-state index >= 15 is 0 Å². The molecule has 0 fully saturated rings. The van der Waals surface area contributed by atoms with Crippen molar-refractivity contribution in [2.45, 2.75) is 0 Å². The SMILES string of the molecule is c1ccc(-c2ccc(N(c3ccc4c(-c5cc6ccccc6c6ccccc56)cccc4c3)c3ccc4sc5c6ccccc6ccc5c4c3)cc2)cc1. The molecule has 10 aromatic carbocycles. The van der Waals surface area contributed by atoms with E-state index in [1.54, 1.807) is 0 Å². The van der Waals surface area contributed by atoms with Crippen molar-refractivity contribution in [3.05, 3.63) is 200 Å². The summed E-state index contributed by atoms with van der Waals surface area (Å²) >= 11 is 1.89. The molecule has 0 saturated carbocycles. The van der Waals surface area contributed by atoms with E-state index in [0.717, 1.165) is 17.1 Å². The minimum absolute atomic E-state index is 1.12. The first kappa shape index (κ1) is 30.8. The van der Waals surface area contributed by atoms with E-state index in [2.05, 4.69) is 205 Å². The van der Waals surface area contributed by atoms with Gasteiger partial charge in [0.1, 0.15) is 0 Å². The largest absolute Gasteiger partial charge is 0.310 e. The zero-order valence-electron chi connectivity index (χ0n) is 29.4. The summed E-state index contributed by atoms with van der Waals surface area (Å²) in [5.74, 6) is 0. The number of benzene rings is 10. The minimum Gasteiger partial charge on any atom is -0.310 e. The highest BCUT2D eigenvalue weighted by Gasteiger charge is 2.18. The van der Waals surface area contributed by atoms with Crippen molar-refractivity contribution in [2.75, 3.05) is 4.90 Å². The Morgan fingerprint density at radius 3 is 1.76 bits per heavy atom. The molecule has 0 amide bonds. The molecule has 0 aliphatic rings. The van der Waals surface area contributed by atoms with Crippen LogP contribution < -0.4 is 4.90 Å². The van der Waals surface area contributed by atoms with Crippen LogP contribution in [0.4, 0.5) is 17.1 Å². The smallest absolute Gasteiger partial charge is 0.0468 e. The molecule has 1 aromatic heterocycles. The minimum atomic E-state index is 1.12. The standard InChI is InChI=1S/C52H33NS/c1-2-11-34(12-3-1)35-21-24-39(25-22-35)53(41-27-30-51-50(33-41)48-28-23-36-13-4-7-17-44(36)52(48)54-51)40-26-29-43-37(31-40)15-10-20-46(43)49-32-38-14-5-6-16-42(38)45-18-8-9-19-47(45)49/h1-33H. The Bertz CT molecular complexity index is 3210. The molecule has 54 heavy (non-hydrogen) atoms. The van der Waals surface area contributed by atoms with Crippen molar-refractivity contribution in [2.24, 2.45) is 0 Å². The highest BCUT2D eigenvalue weighted by atomic mass is 32.1. The zero-order chi connectivity index (χ0) is 35.6. The average Bonchev–Trinajstić information content (AvgIpc) is 3.62. The van der Waals surface area contributed by atoms with Crippen molar-refractivity contribution >= 4 is 91.7 Å². The number of fused-ring (bicyclic) bond motifs is 9. The zero-order valence-corrected chi connectivity index (χ0v) is 30.2. The third-order valence-electron chi connectivity index (χ3n) is 11.0. The summed E-state index contributed by atoms with van der Waals surface area (Å²) in [5.41, 5.74) is 8.31. The lowest BCUT2D eigenvalue weighted by atomic mass is 9.90. The number of anilines is 3. The second kappa shape index (κ2) is 12.4. The van der Waals surface area contributed by atoms with Crippen molar-refractivity contribution in [3.8, 4) is 22.3 Å². The molecule has 0 radical (unpaired) electrons. The number of hydrogen-bond donors (Lipinski definition) is 0. The van der Waals surface area contributed by atoms with Crippen molar-refractivity contribution in [1.82, 2.24) is 0 Å². The molecule has 252 valence electrons. The van der Waals surface area contributed by atoms with Crippen LogP contribution in [0, 0.1) is 0 Å². The predicted molar refractivity (Wildman–Crippen MR) is 235 cm³/mol. The van der Waals surface area contributed by atoms with E-state index in [1.807, 2.05) is 11.3 Å². The summed E-state index contributed by atoms with van der Waals surface area (Å²) in [6, 6.07) is 73.5. The van der Waals surface area contributed by atoms with E-state index in [0.29, 0.717) is 0 Å². The fourth-order valence-electron chi connectivity index (χ4n) is 8.43. The Morgan fingerprint density at radius 2 is 0.907 bits per heavy atom. The van der Waals surface area contributed by atoms with Crippen LogP contribution in [0.5, 0.6) is 0 Å². The van der Waals surface area contributed by atoms with Crippen LogP contribution in [-0.2, 0) is 0 Å². The van der Waals surface area contributed by atoms with Gasteiger partial charge in [0.05, 0.1) is 0 Å². The van der Waals surface area contributed by atoms with Crippen LogP contribution >= 0.6 is 11.3 Å². The van der Waals surface area contributed by atoms with E-state index in [4.69, 9.17) is 0 Å². The molecule has 0 aliphatic carbocycles. The first-order valence-electron chi connectivity index (χ1n) is 18.5. The van der Waals surface area contributed by atoms with Gasteiger partial charge < -0.3 is 4.90 Å². The molecular weight excluding hydrogens is 671 g/mol. The van der Waals surface area contributed by atoms with Gasteiger partial charge in [-0.1, -0.05) is 152 Å². The molecular formula is C52H33NS. The molecule has 11 rings (SSSR count). The lowest BCUT2D eigenvalue weighted by molar-refractivity contribution is 1.30. The molecule has 0 aliphatic heterocycles. The van der Waals surface area contributed by atoms with Gasteiger partial charge in [0.25, 0.3) is 0 Å². The third kappa shape index (κ3) is 4.99. The predicted octanol–water partition coefficient (Wildman–Crippen LogP) is 15.5. The first-order valence-corrected chi connectivity index (χ1v) is 19.3. The summed E-state index contributed by atoms with van der Waals surface area (Å²) in [7, 11) is 0. The Morgan fingerprint density at radius 1 is 0.296 bits per heavy atom. The normalized spacial score (nSPS) is 11.7. The molecule has 0 bridgehead atoms. The number of rotatable bonds is 5. The summed E-state index contributed by atoms with van der Waals surface area (Å²) in [5, 5.41) is 12.8. The Hall–Kier alpha value is -6.74. The molecule has 0 spiro atoms. The second-order valence-electron chi connectivity index (χ2n) is 14.1. The molecule has 1 nitrogen and oxygen atoms in total. The van der Waals surface area contributed by atoms with Crippen molar-refractivity contribution < 1.29 is 0 Å². The highest BCUT2D eigenvalue weighted by Crippen LogP contribution is 2.44. The number of nitrogens with zero attached hydrogens (tertiary/aromatic N) is 1. The van der Waals surface area contributed by atoms with Gasteiger partial charge in [-0.05, 0) is 114 Å². The van der Waals surface area contributed by atoms with Gasteiger partial charge in [-0.15, -0.1) is 11.3 Å². The first-order chi connectivity index (χ1) is 26.8. The average molecular weight is 704 g/mol. The molecule has 2 heteroatoms. The Kier molecular flexibility index (Phi) is 7.11. The molecule has 0 N–H and O–H groups in total. The lowest BCUT2D eigenvalue weighted by Gasteiger charge is -2.26. The van der Waals surface area contributed by atoms with Gasteiger partial charge in [0.15, 0.2) is 0 Å². The van der Waals surface area contributed by atoms with Crippen LogP contribution in [0.25, 0.3) is 85.5 Å². The summed E-state index contributed by atoms with van der Waals surface area (Å²) < 4.78 is 2.65. The van der Waals surface area contributed by atoms with Crippen LogP contribution in [0.3, 0.4) is 0 Å². The molecule has 0 unspecified atom stereocenters. The topological polar surface area (TPSA) is 3.24 Å². The van der Waals surface area contributed by atoms with E-state index in [-0.39, 0.29) is 0 Å². The fourth-order valence-corrected chi connectivity index (χ4v) is 9.65. The summed E-state index contributed by atoms with van der Waals surface area (Å²) in [6.45, 7) is 0. The molecule has 0 saturated heterocycles. The van der Waals surface area contributed by atoms with Gasteiger partial charge >= 0.3 is 0 Å². The van der Waals surface area contributed by atoms with E-state index < -0.39 is 0 Å². The maximum absolute atomic E-state index is 2.41. The fraction of sp³-hybridized carbons (Fsp3) is 0. The van der Waals surface area contributed by atoms with Crippen LogP contribution in [0.2, 0.25) is 0 Å². The number of hydrogen-bond acceptors (Lipinski definition) is 2. The summed E-state index contributed by atoms with van der Waals surface area (Å²) in [6.07, 6.45) is 0.